The quantitative estimate of drug-likeness (QED) is 0.431. The van der Waals surface area contributed by atoms with E-state index in [1.807, 2.05) is 0 Å². The molecule has 2 rings (SSSR count). The van der Waals surface area contributed by atoms with Gasteiger partial charge < -0.3 is 5.21 Å². The van der Waals surface area contributed by atoms with Gasteiger partial charge in [-0.3, -0.25) is 0 Å². The van der Waals surface area contributed by atoms with E-state index in [-0.39, 0.29) is 1.43 Å². The zero-order chi connectivity index (χ0) is 14.3. The molecule has 4 nitrogen and oxygen atoms in total. The van der Waals surface area contributed by atoms with Crippen molar-refractivity contribution in [1.29, 1.82) is 0 Å². The van der Waals surface area contributed by atoms with Crippen LogP contribution in [0.2, 0.25) is 5.02 Å². The van der Waals surface area contributed by atoms with Gasteiger partial charge in [-0.05, 0) is 23.4 Å². The molecule has 0 amide bonds. The van der Waals surface area contributed by atoms with Gasteiger partial charge >= 0.3 is 34.4 Å². The number of hydrogen-bond acceptors (Lipinski definition) is 3. The second kappa shape index (κ2) is 3.61. The molecule has 0 radical (unpaired) electrons. The van der Waals surface area contributed by atoms with Gasteiger partial charge in [0.25, 0.3) is 0 Å². The minimum absolute atomic E-state index is 0. The maximum atomic E-state index is 9.87. The summed E-state index contributed by atoms with van der Waals surface area (Å²) in [6, 6.07) is 4.98. The summed E-state index contributed by atoms with van der Waals surface area (Å²) in [5.41, 5.74) is 1.13. The van der Waals surface area contributed by atoms with Crippen LogP contribution in [0, 0.1) is 0 Å². The summed E-state index contributed by atoms with van der Waals surface area (Å²) < 4.78 is 59.2. The molecule has 1 aromatic carbocycles. The average Bonchev–Trinajstić information content (AvgIpc) is 2.42. The second-order valence-electron chi connectivity index (χ2n) is 3.07. The van der Waals surface area contributed by atoms with Gasteiger partial charge in [-0.15, -0.1) is 5.10 Å². The fourth-order valence-corrected chi connectivity index (χ4v) is 1.05. The predicted octanol–water partition coefficient (Wildman–Crippen LogP) is 4.82. The zero-order valence-electron chi connectivity index (χ0n) is 9.11. The van der Waals surface area contributed by atoms with Gasteiger partial charge in [-0.2, -0.15) is 0 Å². The van der Waals surface area contributed by atoms with E-state index in [0.29, 0.717) is 20.9 Å². The fourth-order valence-electron chi connectivity index (χ4n) is 0.880. The van der Waals surface area contributed by atoms with Crippen molar-refractivity contribution in [3.8, 4) is 0 Å². The molecule has 0 aliphatic heterocycles. The summed E-state index contributed by atoms with van der Waals surface area (Å²) in [5, 5.41) is 16.6. The van der Waals surface area contributed by atoms with Gasteiger partial charge in [0.05, 0.1) is 0 Å². The van der Waals surface area contributed by atoms with E-state index in [4.69, 9.17) is 16.8 Å². The van der Waals surface area contributed by atoms with Crippen LogP contribution in [-0.4, -0.2) is 20.4 Å². The van der Waals surface area contributed by atoms with Gasteiger partial charge in [0.2, 0.25) is 0 Å². The summed E-state index contributed by atoms with van der Waals surface area (Å²) in [7, 11) is -10.7. The zero-order valence-corrected chi connectivity index (χ0v) is 9.76. The van der Waals surface area contributed by atoms with Crippen LogP contribution in [0.1, 0.15) is 1.43 Å². The maximum absolute atomic E-state index is 10.7. The van der Waals surface area contributed by atoms with E-state index >= 15 is 0 Å². The molecule has 2 aromatic rings. The van der Waals surface area contributed by atoms with Crippen molar-refractivity contribution in [3.05, 3.63) is 23.2 Å². The fraction of sp³-hybridized carbons (Fsp3) is 0. The normalized spacial score (nSPS) is 15.5. The first-order valence-corrected chi connectivity index (χ1v) is 6.39. The van der Waals surface area contributed by atoms with Crippen LogP contribution >= 0.6 is 19.4 Å². The Hall–Kier alpha value is -1.28. The number of aromatic nitrogens is 3. The van der Waals surface area contributed by atoms with Crippen LogP contribution in [-0.2, 0) is 0 Å². The largest absolute Gasteiger partial charge is 1.00 e. The maximum Gasteiger partial charge on any atom is 1.00 e. The smallest absolute Gasteiger partial charge is 0.410 e. The number of rotatable bonds is 0. The minimum Gasteiger partial charge on any atom is -0.410 e. The number of fused-ring (bicyclic) bond motifs is 1. The Morgan fingerprint density at radius 2 is 1.67 bits per heavy atom. The molecule has 104 valence electrons. The minimum atomic E-state index is -10.7. The molecule has 1 heterocycles. The molecule has 0 saturated heterocycles. The van der Waals surface area contributed by atoms with Gasteiger partial charge in [0.15, 0.2) is 0 Å². The Morgan fingerprint density at radius 3 is 2.17 bits per heavy atom. The Morgan fingerprint density at radius 1 is 1.17 bits per heavy atom. The van der Waals surface area contributed by atoms with Crippen LogP contribution in [0.5, 0.6) is 0 Å². The topological polar surface area (TPSA) is 50.9 Å². The van der Waals surface area contributed by atoms with Crippen LogP contribution in [0.4, 0.5) is 25.2 Å². The van der Waals surface area contributed by atoms with Gasteiger partial charge in [-0.25, -0.2) is 0 Å². The van der Waals surface area contributed by atoms with Crippen molar-refractivity contribution in [1.82, 2.24) is 15.2 Å². The van der Waals surface area contributed by atoms with Crippen molar-refractivity contribution in [3.63, 3.8) is 0 Å². The molecule has 0 aliphatic carbocycles. The molecule has 1 N–H and O–H groups in total. The second-order valence-corrected chi connectivity index (χ2v) is 5.42. The average molecular weight is 316 g/mol. The Bertz CT molecular complexity index is 575. The molecule has 18 heavy (non-hydrogen) atoms. The number of hydrogen-bond donors (Lipinski definition) is 1. The monoisotopic (exact) mass is 315 g/mol. The summed E-state index contributed by atoms with van der Waals surface area (Å²) >= 11 is 5.67. The third kappa shape index (κ3) is 6.45. The molecular formula is C6H5ClF6N3OP. The predicted molar refractivity (Wildman–Crippen MR) is 54.4 cm³/mol. The van der Waals surface area contributed by atoms with E-state index in [9.17, 15) is 25.2 Å². The van der Waals surface area contributed by atoms with Crippen molar-refractivity contribution < 1.29 is 31.8 Å². The summed E-state index contributed by atoms with van der Waals surface area (Å²) in [4.78, 5) is 0.696. The number of nitrogens with zero attached hydrogens (tertiary/aromatic N) is 3. The summed E-state index contributed by atoms with van der Waals surface area (Å²) in [5.74, 6) is 0. The van der Waals surface area contributed by atoms with Crippen LogP contribution in [0.15, 0.2) is 18.2 Å². The first-order chi connectivity index (χ1) is 7.72. The van der Waals surface area contributed by atoms with Gasteiger partial charge in [0, 0.05) is 5.02 Å². The van der Waals surface area contributed by atoms with Crippen LogP contribution in [0.3, 0.4) is 0 Å². The van der Waals surface area contributed by atoms with Crippen molar-refractivity contribution in [2.24, 2.45) is 0 Å². The van der Waals surface area contributed by atoms with E-state index < -0.39 is 7.81 Å². The number of benzene rings is 1. The van der Waals surface area contributed by atoms with Crippen molar-refractivity contribution >= 4 is 30.4 Å². The van der Waals surface area contributed by atoms with Crippen molar-refractivity contribution in [2.45, 2.75) is 0 Å². The molecule has 0 fully saturated rings. The SMILES string of the molecule is F[P-](F)(F)(F)(F)F.On1nnc2ccc(Cl)cc21.[H+]. The van der Waals surface area contributed by atoms with Gasteiger partial charge in [0.1, 0.15) is 11.0 Å². The van der Waals surface area contributed by atoms with Crippen LogP contribution < -0.4 is 0 Å². The van der Waals surface area contributed by atoms with Crippen LogP contribution in [0.25, 0.3) is 11.0 Å². The molecule has 12 heteroatoms. The molecule has 0 atom stereocenters. The Balaban J connectivity index is 0.000000360. The Labute approximate surface area is 101 Å². The molecule has 0 unspecified atom stereocenters. The van der Waals surface area contributed by atoms with E-state index in [1.54, 1.807) is 18.2 Å². The standard InChI is InChI=1S/C6H4ClN3O.F6P/c7-4-1-2-5-6(3-4)10(11)9-8-5;1-7(2,3,4,5)6/h1-3,11H;/q;-1/p+1. The van der Waals surface area contributed by atoms with Crippen molar-refractivity contribution in [2.75, 3.05) is 0 Å². The first kappa shape index (κ1) is 14.8. The van der Waals surface area contributed by atoms with Gasteiger partial charge in [-0.1, -0.05) is 16.4 Å². The molecule has 0 aliphatic rings. The summed E-state index contributed by atoms with van der Waals surface area (Å²) in [6.45, 7) is 0. The molecule has 1 aromatic heterocycles. The first-order valence-electron chi connectivity index (χ1n) is 3.99. The third-order valence-corrected chi connectivity index (χ3v) is 1.63. The number of halogens is 7. The van der Waals surface area contributed by atoms with E-state index in [0.717, 1.165) is 0 Å². The third-order valence-electron chi connectivity index (χ3n) is 1.39. The summed E-state index contributed by atoms with van der Waals surface area (Å²) in [6.07, 6.45) is 0. The van der Waals surface area contributed by atoms with E-state index in [1.165, 1.54) is 0 Å². The molecular weight excluding hydrogens is 311 g/mol. The Kier molecular flexibility index (Phi) is 2.96. The molecule has 0 bridgehead atoms. The van der Waals surface area contributed by atoms with E-state index in [2.05, 4.69) is 10.3 Å². The molecule has 0 saturated carbocycles. The molecule has 0 spiro atoms.